The number of fused-ring (bicyclic) bond motifs is 3. The number of phenols is 1. The summed E-state index contributed by atoms with van der Waals surface area (Å²) in [6.07, 6.45) is -8.49. The van der Waals surface area contributed by atoms with Crippen LogP contribution in [-0.2, 0) is 118 Å². The highest BCUT2D eigenvalue weighted by Gasteiger charge is 2.44. The molecule has 15 atom stereocenters. The van der Waals surface area contributed by atoms with E-state index in [1.54, 1.807) is 30.5 Å². The van der Waals surface area contributed by atoms with E-state index in [4.69, 9.17) is 22.6 Å². The predicted octanol–water partition coefficient (Wildman–Crippen LogP) is -8.25. The number of amides is 18. The number of aliphatic carboxylic acids is 4. The minimum Gasteiger partial charge on any atom is -0.508 e. The van der Waals surface area contributed by atoms with Crippen molar-refractivity contribution in [1.29, 1.82) is 5.41 Å². The van der Waals surface area contributed by atoms with Gasteiger partial charge in [0, 0.05) is 94.6 Å². The van der Waals surface area contributed by atoms with Crippen molar-refractivity contribution in [3.63, 3.8) is 0 Å². The number of para-hydroxylation sites is 1. The molecule has 0 spiro atoms. The second-order valence-electron chi connectivity index (χ2n) is 32.7. The third-order valence-corrected chi connectivity index (χ3v) is 22.1. The Balaban J connectivity index is 1.36. The number of carbonyl (C=O) groups excluding carboxylic acids is 18. The summed E-state index contributed by atoms with van der Waals surface area (Å²) in [4.78, 5) is 308. The number of aromatic hydroxyl groups is 1. The Morgan fingerprint density at radius 2 is 0.874 bits per heavy atom. The molecule has 30 N–H and O–H groups in total. The average Bonchev–Trinajstić information content (AvgIpc) is 1.67. The summed E-state index contributed by atoms with van der Waals surface area (Å²) in [7, 11) is 0. The van der Waals surface area contributed by atoms with Crippen LogP contribution in [0.15, 0.2) is 54.7 Å². The number of carboxylic acid groups (broad SMARTS) is 4. The molecule has 51 heteroatoms. The number of nitrogens with two attached hydrogens (primary N) is 3. The van der Waals surface area contributed by atoms with Gasteiger partial charge in [-0.05, 0) is 147 Å². The summed E-state index contributed by atoms with van der Waals surface area (Å²) in [5.41, 5.74) is 18.1. The van der Waals surface area contributed by atoms with E-state index in [9.17, 15) is 127 Å². The van der Waals surface area contributed by atoms with E-state index in [0.717, 1.165) is 18.7 Å². The summed E-state index contributed by atoms with van der Waals surface area (Å²) in [5, 5.41) is 107. The normalized spacial score (nSPS) is 24.6. The predicted molar refractivity (Wildman–Crippen MR) is 471 cm³/mol. The number of benzene rings is 2. The van der Waals surface area contributed by atoms with Crippen LogP contribution in [0.5, 0.6) is 5.75 Å². The van der Waals surface area contributed by atoms with Gasteiger partial charge in [-0.3, -0.25) is 111 Å². The second-order valence-corrected chi connectivity index (χ2v) is 32.7. The van der Waals surface area contributed by atoms with E-state index in [2.05, 4.69) is 90.1 Å². The number of hydrogen-bond acceptors (Lipinski definition) is 26. The molecule has 6 rings (SSSR count). The number of guanidine groups is 1. The van der Waals surface area contributed by atoms with Gasteiger partial charge in [0.25, 0.3) is 0 Å². The molecule has 4 heterocycles. The highest BCUT2D eigenvalue weighted by Crippen LogP contribution is 2.25. The summed E-state index contributed by atoms with van der Waals surface area (Å²) < 4.78 is 0. The van der Waals surface area contributed by atoms with Crippen LogP contribution in [0.25, 0.3) is 10.9 Å². The SMILES string of the molecule is C[C@@H]1NC(=O)CNC(=O)[C@H](CCC(=O)O)NC(=O)[C@@H]2CCCN2C(=O)[C@H]([C@H](C)O)NC(=O)[C@H](CCC(=O)O)NC(=O)[C@H](CCCNC(=N)N)NC(=O)[C@H](CCC(N)=O)NC(=O)CNC(=O)CCNC(=O)[C@H](CCC(=O)O)NC(=O)[C@H](Cc2ccc(O)cc2)NC(=O)[C@H](Cc2c[nH]c3ccccc23)NC(=O)[C@@H]2CCCN2C(=O)[C@H](CCCCN)NC(=O)[C@H](C)NC(=O)[C@H](CCC(=O)O)NC1=O. The fraction of sp³-hybridized carbons (Fsp3) is 0.560. The lowest BCUT2D eigenvalue weighted by atomic mass is 10.0. The molecular formula is C84H121N23O28. The molecule has 0 saturated carbocycles. The smallest absolute Gasteiger partial charge is 0.303 e. The van der Waals surface area contributed by atoms with E-state index in [1.807, 2.05) is 0 Å². The van der Waals surface area contributed by atoms with Crippen LogP contribution >= 0.6 is 0 Å². The number of carboxylic acids is 4. The molecule has 0 unspecified atom stereocenters. The number of primary amides is 1. The van der Waals surface area contributed by atoms with Crippen molar-refractivity contribution >= 4 is 147 Å². The van der Waals surface area contributed by atoms with Crippen molar-refractivity contribution < 1.29 is 136 Å². The molecule has 18 amide bonds. The molecule has 0 bridgehead atoms. The molecule has 0 radical (unpaired) electrons. The maximum Gasteiger partial charge on any atom is 0.303 e. The molecule has 3 fully saturated rings. The van der Waals surface area contributed by atoms with Gasteiger partial charge >= 0.3 is 23.9 Å². The van der Waals surface area contributed by atoms with Gasteiger partial charge in [-0.15, -0.1) is 0 Å². The van der Waals surface area contributed by atoms with Gasteiger partial charge in [-0.1, -0.05) is 30.3 Å². The molecular weight excluding hydrogens is 1780 g/mol. The Hall–Kier alpha value is -14.7. The molecule has 0 aliphatic carbocycles. The van der Waals surface area contributed by atoms with Crippen LogP contribution in [0.2, 0.25) is 0 Å². The van der Waals surface area contributed by atoms with Crippen molar-refractivity contribution in [2.45, 2.75) is 253 Å². The Morgan fingerprint density at radius 1 is 0.452 bits per heavy atom. The van der Waals surface area contributed by atoms with Crippen molar-refractivity contribution in [3.05, 3.63) is 65.9 Å². The van der Waals surface area contributed by atoms with Crippen LogP contribution < -0.4 is 102 Å². The largest absolute Gasteiger partial charge is 0.508 e. The molecule has 3 aromatic rings. The molecule has 135 heavy (non-hydrogen) atoms. The lowest BCUT2D eigenvalue weighted by Crippen LogP contribution is -2.61. The number of nitrogens with zero attached hydrogens (tertiary/aromatic N) is 2. The molecule has 1 aromatic heterocycles. The zero-order chi connectivity index (χ0) is 99.9. The number of aliphatic hydroxyl groups excluding tert-OH is 1. The average molecular weight is 1900 g/mol. The van der Waals surface area contributed by atoms with Gasteiger partial charge in [0.15, 0.2) is 5.96 Å². The van der Waals surface area contributed by atoms with Crippen LogP contribution in [0.4, 0.5) is 0 Å². The first-order valence-electron chi connectivity index (χ1n) is 43.9. The first kappa shape index (κ1) is 109. The standard InChI is InChI=1S/C84H121N23O28/c1-42-70(122)97-54(24-29-67(118)119)74(126)95-43(2)71(123)102-56(13-6-7-32-85)82(134)106-35-9-15-59(106)81(133)104-58(38-46-39-91-49-12-5-4-11-48(46)49)79(131)103-57(37-45-17-19-47(109)20-18-45)78(130)99-51(22-27-65(114)115)72(124)89-34-31-62(111)92-40-64(113)96-53(21-26-61(86)110)76(128)98-50(14-8-33-90-84(87)88)75(127)100-55(25-30-68(120)121)77(129)105-69(44(3)108)83(135)107-36-10-16-60(107)80(132)101-52(23-28-66(116)117)73(125)93-41-63(112)94-42/h4-5,11-12,17-20,39,42-44,50-60,69,91,108-109H,6-10,13-16,21-38,40-41,85H2,1-3H3,(H2,86,110)(H,89,124)(H,92,111)(H,93,125)(H,94,112)(H,95,126)(H,96,113)(H,97,122)(H,98,128)(H,99,130)(H,100,127)(H,101,132)(H,102,123)(H,103,131)(H,104,133)(H,105,129)(H,114,115)(H,116,117)(H,118,119)(H,120,121)(H4,87,88,90)/t42-,43-,44-,50-,51-,52-,53-,54-,55-,56-,57-,58-,59-,60-,69-/m0/s1. The van der Waals surface area contributed by atoms with Crippen LogP contribution in [0.3, 0.4) is 0 Å². The number of aromatic nitrogens is 1. The molecule has 2 aromatic carbocycles. The Morgan fingerprint density at radius 3 is 1.41 bits per heavy atom. The molecule has 51 nitrogen and oxygen atoms in total. The van der Waals surface area contributed by atoms with Crippen molar-refractivity contribution in [1.82, 2.24) is 99.9 Å². The third-order valence-electron chi connectivity index (χ3n) is 22.1. The third kappa shape index (κ3) is 36.4. The van der Waals surface area contributed by atoms with Gasteiger partial charge in [-0.25, -0.2) is 0 Å². The van der Waals surface area contributed by atoms with Crippen LogP contribution in [-0.4, -0.2) is 318 Å². The zero-order valence-electron chi connectivity index (χ0n) is 74.7. The van der Waals surface area contributed by atoms with Crippen molar-refractivity contribution in [3.8, 4) is 5.75 Å². The maximum absolute atomic E-state index is 15.2. The first-order chi connectivity index (χ1) is 63.9. The lowest BCUT2D eigenvalue weighted by molar-refractivity contribution is -0.145. The van der Waals surface area contributed by atoms with Gasteiger partial charge in [0.2, 0.25) is 106 Å². The minimum atomic E-state index is -2.01. The number of nitrogens with one attached hydrogen (secondary N) is 18. The Labute approximate surface area is 772 Å². The number of phenolic OH excluding ortho intramolecular Hbond substituents is 1. The van der Waals surface area contributed by atoms with Gasteiger partial charge in [0.1, 0.15) is 90.3 Å². The van der Waals surface area contributed by atoms with E-state index >= 15 is 9.59 Å². The first-order valence-corrected chi connectivity index (χ1v) is 43.9. The van der Waals surface area contributed by atoms with Gasteiger partial charge < -0.3 is 148 Å². The highest BCUT2D eigenvalue weighted by molar-refractivity contribution is 6.02. The lowest BCUT2D eigenvalue weighted by Gasteiger charge is -2.32. The topological polar surface area (TPSA) is 814 Å². The van der Waals surface area contributed by atoms with E-state index in [1.165, 1.54) is 36.1 Å². The number of carbonyl (C=O) groups is 22. The second kappa shape index (κ2) is 54.3. The number of rotatable bonds is 28. The van der Waals surface area contributed by atoms with E-state index in [-0.39, 0.29) is 83.3 Å². The molecule has 3 aliphatic heterocycles. The minimum absolute atomic E-state index is 0.00476. The van der Waals surface area contributed by atoms with E-state index < -0.39 is 330 Å². The molecule has 3 aliphatic rings. The van der Waals surface area contributed by atoms with Gasteiger partial charge in [0.05, 0.1) is 19.2 Å². The monoisotopic (exact) mass is 1900 g/mol. The van der Waals surface area contributed by atoms with Crippen LogP contribution in [0.1, 0.15) is 160 Å². The van der Waals surface area contributed by atoms with Crippen LogP contribution in [0, 0.1) is 5.41 Å². The molecule has 3 saturated heterocycles. The summed E-state index contributed by atoms with van der Waals surface area (Å²) in [5.74, 6) is -26.1. The number of aliphatic hydroxyl groups is 1. The zero-order valence-corrected chi connectivity index (χ0v) is 74.7. The number of aromatic amines is 1. The van der Waals surface area contributed by atoms with Gasteiger partial charge in [-0.2, -0.15) is 0 Å². The maximum atomic E-state index is 15.2. The fourth-order valence-corrected chi connectivity index (χ4v) is 14.9. The summed E-state index contributed by atoms with van der Waals surface area (Å²) >= 11 is 0. The number of H-pyrrole nitrogens is 1. The Bertz CT molecular complexity index is 4800. The highest BCUT2D eigenvalue weighted by atomic mass is 16.4. The van der Waals surface area contributed by atoms with Crippen molar-refractivity contribution in [2.75, 3.05) is 45.8 Å². The summed E-state index contributed by atoms with van der Waals surface area (Å²) in [6.45, 7) is 0.539. The Kier molecular flexibility index (Phi) is 43.9. The van der Waals surface area contributed by atoms with E-state index in [0.29, 0.717) is 28.5 Å². The van der Waals surface area contributed by atoms with Crippen molar-refractivity contribution in [2.24, 2.45) is 17.2 Å². The molecule has 740 valence electrons. The fourth-order valence-electron chi connectivity index (χ4n) is 14.9. The number of hydrogen-bond donors (Lipinski definition) is 27. The number of unbranched alkanes of at least 4 members (excludes halogenated alkanes) is 1. The summed E-state index contributed by atoms with van der Waals surface area (Å²) in [6, 6.07) is -11.4. The quantitative estimate of drug-likeness (QED) is 0.0182.